The highest BCUT2D eigenvalue weighted by Gasteiger charge is 2.29. The maximum absolute atomic E-state index is 12.8. The van der Waals surface area contributed by atoms with E-state index in [1.54, 1.807) is 12.4 Å². The molecule has 7 heteroatoms. The fourth-order valence-corrected chi connectivity index (χ4v) is 4.26. The number of carbonyl (C=O) groups excluding carboxylic acids is 1. The number of aromatic nitrogens is 2. The van der Waals surface area contributed by atoms with Gasteiger partial charge < -0.3 is 21.3 Å². The predicted molar refractivity (Wildman–Crippen MR) is 120 cm³/mol. The molecule has 0 saturated carbocycles. The number of hydrogen-bond donors (Lipinski definition) is 3. The van der Waals surface area contributed by atoms with E-state index < -0.39 is 6.04 Å². The fourth-order valence-electron chi connectivity index (χ4n) is 4.26. The molecule has 0 aliphatic carbocycles. The quantitative estimate of drug-likeness (QED) is 0.605. The monoisotopic (exact) mass is 404 g/mol. The third-order valence-corrected chi connectivity index (χ3v) is 5.66. The second kappa shape index (κ2) is 8.67. The number of nitrogens with one attached hydrogen (secondary N) is 2. The number of carbonyl (C=O) groups is 1. The first-order valence-electron chi connectivity index (χ1n) is 10.3. The van der Waals surface area contributed by atoms with Crippen molar-refractivity contribution in [2.45, 2.75) is 25.4 Å². The van der Waals surface area contributed by atoms with Crippen LogP contribution in [0.15, 0.2) is 54.9 Å². The van der Waals surface area contributed by atoms with E-state index in [0.29, 0.717) is 12.5 Å². The number of rotatable bonds is 5. The van der Waals surface area contributed by atoms with E-state index in [1.165, 1.54) is 0 Å². The van der Waals surface area contributed by atoms with Crippen molar-refractivity contribution in [2.24, 2.45) is 11.7 Å². The third-order valence-electron chi connectivity index (χ3n) is 5.66. The summed E-state index contributed by atoms with van der Waals surface area (Å²) in [6.07, 6.45) is 4.35. The van der Waals surface area contributed by atoms with Crippen molar-refractivity contribution in [3.05, 3.63) is 60.4 Å². The minimum absolute atomic E-state index is 0.0201. The van der Waals surface area contributed by atoms with Gasteiger partial charge in [-0.05, 0) is 30.0 Å². The summed E-state index contributed by atoms with van der Waals surface area (Å²) in [5, 5.41) is 6.34. The Kier molecular flexibility index (Phi) is 5.81. The molecule has 3 atom stereocenters. The minimum Gasteiger partial charge on any atom is -0.386 e. The van der Waals surface area contributed by atoms with Gasteiger partial charge in [-0.3, -0.25) is 14.8 Å². The molecule has 0 unspecified atom stereocenters. The Morgan fingerprint density at radius 1 is 1.10 bits per heavy atom. The fraction of sp³-hybridized carbons (Fsp3) is 0.348. The topological polar surface area (TPSA) is 96.2 Å². The lowest BCUT2D eigenvalue weighted by Gasteiger charge is -2.38. The molecule has 156 valence electrons. The van der Waals surface area contributed by atoms with Crippen LogP contribution in [0.2, 0.25) is 0 Å². The maximum Gasteiger partial charge on any atom is 0.241 e. The Labute approximate surface area is 176 Å². The Bertz CT molecular complexity index is 1020. The molecular weight excluding hydrogens is 376 g/mol. The van der Waals surface area contributed by atoms with Crippen LogP contribution in [0.1, 0.15) is 24.9 Å². The first kappa shape index (κ1) is 20.1. The predicted octanol–water partition coefficient (Wildman–Crippen LogP) is 2.70. The van der Waals surface area contributed by atoms with Gasteiger partial charge in [-0.2, -0.15) is 0 Å². The van der Waals surface area contributed by atoms with Crippen molar-refractivity contribution < 1.29 is 4.79 Å². The largest absolute Gasteiger partial charge is 0.386 e. The first-order chi connectivity index (χ1) is 14.6. The molecule has 2 heterocycles. The minimum atomic E-state index is -0.668. The van der Waals surface area contributed by atoms with Crippen LogP contribution in [0.5, 0.6) is 0 Å². The number of piperidine rings is 1. The summed E-state index contributed by atoms with van der Waals surface area (Å²) in [6, 6.07) is 12.9. The van der Waals surface area contributed by atoms with E-state index in [4.69, 9.17) is 5.73 Å². The second-order valence-electron chi connectivity index (χ2n) is 7.98. The molecule has 1 fully saturated rings. The number of nitrogens with two attached hydrogens (primary N) is 1. The normalized spacial score (nSPS) is 20.0. The molecule has 3 aromatic rings. The van der Waals surface area contributed by atoms with Gasteiger partial charge in [0.05, 0.1) is 11.4 Å². The highest BCUT2D eigenvalue weighted by molar-refractivity contribution is 5.96. The van der Waals surface area contributed by atoms with E-state index in [0.717, 1.165) is 40.9 Å². The van der Waals surface area contributed by atoms with E-state index in [9.17, 15) is 4.79 Å². The highest BCUT2D eigenvalue weighted by Crippen LogP contribution is 2.32. The van der Waals surface area contributed by atoms with E-state index in [1.807, 2.05) is 43.4 Å². The smallest absolute Gasteiger partial charge is 0.241 e. The standard InChI is InChI=1S/C23H28N6O/c1-15-12-17(28-23(30)20(24)16-6-4-3-5-7-16)14-29(13-15)19-9-8-18(25-2)21-22(19)27-11-10-26-21/h3-11,15,17,20,25H,12-14,24H2,1-2H3,(H,28,30)/t15-,17+,20+/m0/s1. The molecule has 30 heavy (non-hydrogen) atoms. The van der Waals surface area contributed by atoms with Crippen molar-refractivity contribution in [2.75, 3.05) is 30.4 Å². The molecule has 4 N–H and O–H groups in total. The number of anilines is 2. The third kappa shape index (κ3) is 4.07. The van der Waals surface area contributed by atoms with Gasteiger partial charge in [0.2, 0.25) is 5.91 Å². The summed E-state index contributed by atoms with van der Waals surface area (Å²) in [7, 11) is 1.88. The average molecular weight is 405 g/mol. The van der Waals surface area contributed by atoms with E-state index in [2.05, 4.69) is 38.5 Å². The molecule has 1 aliphatic rings. The molecule has 1 aromatic heterocycles. The number of nitrogens with zero attached hydrogens (tertiary/aromatic N) is 3. The number of benzene rings is 2. The highest BCUT2D eigenvalue weighted by atomic mass is 16.2. The Balaban J connectivity index is 1.54. The lowest BCUT2D eigenvalue weighted by molar-refractivity contribution is -0.123. The Morgan fingerprint density at radius 3 is 2.57 bits per heavy atom. The molecule has 1 amide bonds. The zero-order valence-corrected chi connectivity index (χ0v) is 17.4. The Morgan fingerprint density at radius 2 is 1.83 bits per heavy atom. The maximum atomic E-state index is 12.8. The summed E-state index contributed by atoms with van der Waals surface area (Å²) in [5.41, 5.74) is 10.7. The van der Waals surface area contributed by atoms with Crippen molar-refractivity contribution in [3.8, 4) is 0 Å². The summed E-state index contributed by atoms with van der Waals surface area (Å²) in [6.45, 7) is 3.82. The molecule has 4 rings (SSSR count). The van der Waals surface area contributed by atoms with Gasteiger partial charge in [0.1, 0.15) is 17.1 Å². The van der Waals surface area contributed by atoms with Crippen LogP contribution in [-0.2, 0) is 4.79 Å². The molecule has 0 spiro atoms. The summed E-state index contributed by atoms with van der Waals surface area (Å²) in [5.74, 6) is 0.281. The lowest BCUT2D eigenvalue weighted by Crippen LogP contribution is -2.52. The molecular formula is C23H28N6O. The molecule has 2 aromatic carbocycles. The van der Waals surface area contributed by atoms with Crippen molar-refractivity contribution >= 4 is 28.3 Å². The van der Waals surface area contributed by atoms with Crippen molar-refractivity contribution in [1.82, 2.24) is 15.3 Å². The van der Waals surface area contributed by atoms with E-state index >= 15 is 0 Å². The summed E-state index contributed by atoms with van der Waals surface area (Å²) in [4.78, 5) is 24.2. The molecule has 1 saturated heterocycles. The van der Waals surface area contributed by atoms with Gasteiger partial charge in [0.15, 0.2) is 0 Å². The van der Waals surface area contributed by atoms with Gasteiger partial charge in [-0.25, -0.2) is 0 Å². The molecule has 0 radical (unpaired) electrons. The second-order valence-corrected chi connectivity index (χ2v) is 7.98. The van der Waals surface area contributed by atoms with Crippen LogP contribution in [0, 0.1) is 5.92 Å². The van der Waals surface area contributed by atoms with Crippen LogP contribution in [-0.4, -0.2) is 42.1 Å². The van der Waals surface area contributed by atoms with Crippen LogP contribution in [0.25, 0.3) is 11.0 Å². The number of hydrogen-bond acceptors (Lipinski definition) is 6. The lowest BCUT2D eigenvalue weighted by atomic mass is 9.94. The van der Waals surface area contributed by atoms with Gasteiger partial charge >= 0.3 is 0 Å². The van der Waals surface area contributed by atoms with Gasteiger partial charge in [0.25, 0.3) is 0 Å². The van der Waals surface area contributed by atoms with E-state index in [-0.39, 0.29) is 11.9 Å². The van der Waals surface area contributed by atoms with Crippen LogP contribution >= 0.6 is 0 Å². The molecule has 1 aliphatic heterocycles. The zero-order valence-electron chi connectivity index (χ0n) is 17.4. The van der Waals surface area contributed by atoms with Gasteiger partial charge in [-0.1, -0.05) is 37.3 Å². The van der Waals surface area contributed by atoms with Gasteiger partial charge in [-0.15, -0.1) is 0 Å². The number of amides is 1. The molecule has 0 bridgehead atoms. The summed E-state index contributed by atoms with van der Waals surface area (Å²) < 4.78 is 0. The SMILES string of the molecule is CNc1ccc(N2C[C@@H](C)C[C@@H](NC(=O)[C@H](N)c3ccccc3)C2)c2nccnc12. The number of fused-ring (bicyclic) bond motifs is 1. The zero-order chi connectivity index (χ0) is 21.1. The first-order valence-corrected chi connectivity index (χ1v) is 10.3. The van der Waals surface area contributed by atoms with Crippen molar-refractivity contribution in [1.29, 1.82) is 0 Å². The average Bonchev–Trinajstić information content (AvgIpc) is 2.78. The molecule has 7 nitrogen and oxygen atoms in total. The summed E-state index contributed by atoms with van der Waals surface area (Å²) >= 11 is 0. The van der Waals surface area contributed by atoms with Crippen LogP contribution in [0.4, 0.5) is 11.4 Å². The van der Waals surface area contributed by atoms with Gasteiger partial charge in [0, 0.05) is 38.6 Å². The van der Waals surface area contributed by atoms with Crippen LogP contribution in [0.3, 0.4) is 0 Å². The Hall–Kier alpha value is -3.19. The van der Waals surface area contributed by atoms with Crippen molar-refractivity contribution in [3.63, 3.8) is 0 Å². The van der Waals surface area contributed by atoms with Crippen LogP contribution < -0.4 is 21.3 Å².